The molecule has 0 unspecified atom stereocenters. The molecule has 2 rings (SSSR count). The zero-order chi connectivity index (χ0) is 14.6. The summed E-state index contributed by atoms with van der Waals surface area (Å²) in [6, 6.07) is 7.32. The Balaban J connectivity index is 1.85. The van der Waals surface area contributed by atoms with Gasteiger partial charge in [-0.25, -0.2) is 12.7 Å². The Morgan fingerprint density at radius 2 is 2.15 bits per heavy atom. The first-order chi connectivity index (χ1) is 9.49. The fraction of sp³-hybridized carbons (Fsp3) is 0.500. The topological polar surface area (TPSA) is 66.5 Å². The smallest absolute Gasteiger partial charge is 0.251 e. The van der Waals surface area contributed by atoms with Crippen molar-refractivity contribution in [1.82, 2.24) is 9.62 Å². The van der Waals surface area contributed by atoms with Gasteiger partial charge in [-0.1, -0.05) is 17.7 Å². The second-order valence-electron chi connectivity index (χ2n) is 5.05. The molecule has 0 spiro atoms. The highest BCUT2D eigenvalue weighted by molar-refractivity contribution is 7.89. The van der Waals surface area contributed by atoms with Crippen LogP contribution in [0.1, 0.15) is 28.8 Å². The molecular weight excluding hydrogens is 276 g/mol. The van der Waals surface area contributed by atoms with Gasteiger partial charge in [0.15, 0.2) is 0 Å². The average molecular weight is 296 g/mol. The molecule has 0 radical (unpaired) electrons. The fourth-order valence-electron chi connectivity index (χ4n) is 2.27. The van der Waals surface area contributed by atoms with Gasteiger partial charge in [0, 0.05) is 25.2 Å². The predicted octanol–water partition coefficient (Wildman–Crippen LogP) is 1.15. The van der Waals surface area contributed by atoms with Crippen molar-refractivity contribution in [2.24, 2.45) is 0 Å². The van der Waals surface area contributed by atoms with E-state index in [4.69, 9.17) is 0 Å². The van der Waals surface area contributed by atoms with Gasteiger partial charge >= 0.3 is 0 Å². The third-order valence-corrected chi connectivity index (χ3v) is 5.34. The van der Waals surface area contributed by atoms with Crippen molar-refractivity contribution in [3.05, 3.63) is 35.4 Å². The van der Waals surface area contributed by atoms with Crippen LogP contribution in [0.4, 0.5) is 0 Å². The van der Waals surface area contributed by atoms with Gasteiger partial charge in [-0.15, -0.1) is 0 Å². The Morgan fingerprint density at radius 1 is 1.35 bits per heavy atom. The molecule has 1 saturated heterocycles. The van der Waals surface area contributed by atoms with E-state index in [0.717, 1.165) is 18.4 Å². The van der Waals surface area contributed by atoms with E-state index in [2.05, 4.69) is 5.32 Å². The van der Waals surface area contributed by atoms with Gasteiger partial charge in [-0.05, 0) is 31.9 Å². The van der Waals surface area contributed by atoms with E-state index in [-0.39, 0.29) is 11.7 Å². The van der Waals surface area contributed by atoms with Crippen LogP contribution >= 0.6 is 0 Å². The largest absolute Gasteiger partial charge is 0.351 e. The third kappa shape index (κ3) is 3.80. The molecule has 0 aromatic heterocycles. The van der Waals surface area contributed by atoms with Crippen LogP contribution in [0.15, 0.2) is 24.3 Å². The van der Waals surface area contributed by atoms with Gasteiger partial charge in [0.05, 0.1) is 5.75 Å². The van der Waals surface area contributed by atoms with E-state index in [9.17, 15) is 13.2 Å². The molecule has 5 nitrogen and oxygen atoms in total. The molecule has 1 aromatic rings. The van der Waals surface area contributed by atoms with E-state index in [1.165, 1.54) is 4.31 Å². The standard InChI is InChI=1S/C14H20N2O3S/c1-12-5-4-6-13(11-12)14(17)15-7-9-16-8-2-3-10-20(16,18)19/h4-6,11H,2-3,7-10H2,1H3,(H,15,17). The average Bonchev–Trinajstić information content (AvgIpc) is 2.40. The molecule has 1 aromatic carbocycles. The molecule has 0 aliphatic carbocycles. The summed E-state index contributed by atoms with van der Waals surface area (Å²) in [6.45, 7) is 3.17. The Hall–Kier alpha value is -1.40. The van der Waals surface area contributed by atoms with E-state index >= 15 is 0 Å². The van der Waals surface area contributed by atoms with Gasteiger partial charge in [-0.2, -0.15) is 0 Å². The lowest BCUT2D eigenvalue weighted by molar-refractivity contribution is 0.0951. The lowest BCUT2D eigenvalue weighted by atomic mass is 10.1. The molecule has 6 heteroatoms. The summed E-state index contributed by atoms with van der Waals surface area (Å²) in [5.41, 5.74) is 1.63. The number of rotatable bonds is 4. The number of hydrogen-bond acceptors (Lipinski definition) is 3. The Morgan fingerprint density at radius 3 is 2.85 bits per heavy atom. The number of benzene rings is 1. The number of hydrogen-bond donors (Lipinski definition) is 1. The maximum atomic E-state index is 11.9. The van der Waals surface area contributed by atoms with Gasteiger partial charge in [0.2, 0.25) is 10.0 Å². The second-order valence-corrected chi connectivity index (χ2v) is 7.14. The first kappa shape index (κ1) is 15.0. The van der Waals surface area contributed by atoms with Crippen molar-refractivity contribution in [3.8, 4) is 0 Å². The molecule has 0 bridgehead atoms. The maximum Gasteiger partial charge on any atom is 0.251 e. The summed E-state index contributed by atoms with van der Waals surface area (Å²) >= 11 is 0. The van der Waals surface area contributed by atoms with Crippen LogP contribution in [-0.2, 0) is 10.0 Å². The zero-order valence-electron chi connectivity index (χ0n) is 11.6. The highest BCUT2D eigenvalue weighted by Crippen LogP contribution is 2.12. The minimum absolute atomic E-state index is 0.164. The van der Waals surface area contributed by atoms with Crippen molar-refractivity contribution >= 4 is 15.9 Å². The van der Waals surface area contributed by atoms with Crippen LogP contribution < -0.4 is 5.32 Å². The van der Waals surface area contributed by atoms with Crippen molar-refractivity contribution in [3.63, 3.8) is 0 Å². The summed E-state index contributed by atoms with van der Waals surface area (Å²) < 4.78 is 25.0. The third-order valence-electron chi connectivity index (χ3n) is 3.38. The number of nitrogens with zero attached hydrogens (tertiary/aromatic N) is 1. The fourth-order valence-corrected chi connectivity index (χ4v) is 3.88. The maximum absolute atomic E-state index is 11.9. The second kappa shape index (κ2) is 6.37. The van der Waals surface area contributed by atoms with E-state index < -0.39 is 10.0 Å². The molecule has 0 saturated carbocycles. The minimum Gasteiger partial charge on any atom is -0.351 e. The van der Waals surface area contributed by atoms with E-state index in [1.807, 2.05) is 25.1 Å². The number of aryl methyl sites for hydroxylation is 1. The monoisotopic (exact) mass is 296 g/mol. The van der Waals surface area contributed by atoms with Crippen LogP contribution in [0.2, 0.25) is 0 Å². The van der Waals surface area contributed by atoms with Crippen LogP contribution in [0.25, 0.3) is 0 Å². The first-order valence-electron chi connectivity index (χ1n) is 6.82. The molecule has 1 fully saturated rings. The Bertz CT molecular complexity index is 584. The molecule has 1 aliphatic rings. The van der Waals surface area contributed by atoms with Gasteiger partial charge in [0.1, 0.15) is 0 Å². The highest BCUT2D eigenvalue weighted by Gasteiger charge is 2.25. The van der Waals surface area contributed by atoms with Crippen molar-refractivity contribution in [1.29, 1.82) is 0 Å². The molecule has 1 aliphatic heterocycles. The lowest BCUT2D eigenvalue weighted by Crippen LogP contribution is -2.42. The number of nitrogens with one attached hydrogen (secondary N) is 1. The molecule has 110 valence electrons. The summed E-state index contributed by atoms with van der Waals surface area (Å²) in [5, 5.41) is 2.77. The van der Waals surface area contributed by atoms with Crippen LogP contribution in [0.5, 0.6) is 0 Å². The minimum atomic E-state index is -3.11. The molecule has 20 heavy (non-hydrogen) atoms. The molecule has 1 amide bonds. The quantitative estimate of drug-likeness (QED) is 0.906. The van der Waals surface area contributed by atoms with Crippen molar-refractivity contribution < 1.29 is 13.2 Å². The lowest BCUT2D eigenvalue weighted by Gasteiger charge is -2.26. The van der Waals surface area contributed by atoms with E-state index in [0.29, 0.717) is 25.2 Å². The van der Waals surface area contributed by atoms with Gasteiger partial charge in [-0.3, -0.25) is 4.79 Å². The van der Waals surface area contributed by atoms with Crippen LogP contribution in [0, 0.1) is 6.92 Å². The number of carbonyl (C=O) groups is 1. The molecule has 1 N–H and O–H groups in total. The van der Waals surface area contributed by atoms with Crippen molar-refractivity contribution in [2.45, 2.75) is 19.8 Å². The van der Waals surface area contributed by atoms with Gasteiger partial charge < -0.3 is 5.32 Å². The molecule has 1 heterocycles. The van der Waals surface area contributed by atoms with Crippen molar-refractivity contribution in [2.75, 3.05) is 25.4 Å². The highest BCUT2D eigenvalue weighted by atomic mass is 32.2. The predicted molar refractivity (Wildman–Crippen MR) is 78.1 cm³/mol. The summed E-state index contributed by atoms with van der Waals surface area (Å²) in [6.07, 6.45) is 1.62. The first-order valence-corrected chi connectivity index (χ1v) is 8.43. The number of amides is 1. The SMILES string of the molecule is Cc1cccc(C(=O)NCCN2CCCCS2(=O)=O)c1. The van der Waals surface area contributed by atoms with Crippen LogP contribution in [0.3, 0.4) is 0 Å². The van der Waals surface area contributed by atoms with Gasteiger partial charge in [0.25, 0.3) is 5.91 Å². The summed E-state index contributed by atoms with van der Waals surface area (Å²) in [4.78, 5) is 11.9. The van der Waals surface area contributed by atoms with E-state index in [1.54, 1.807) is 6.07 Å². The molecule has 0 atom stereocenters. The number of carbonyl (C=O) groups excluding carboxylic acids is 1. The molecular formula is C14H20N2O3S. The van der Waals surface area contributed by atoms with Crippen LogP contribution in [-0.4, -0.2) is 44.0 Å². The Kier molecular flexibility index (Phi) is 4.77. The number of sulfonamides is 1. The zero-order valence-corrected chi connectivity index (χ0v) is 12.4. The summed E-state index contributed by atoms with van der Waals surface area (Å²) in [5.74, 6) is 0.0573. The normalized spacial score (nSPS) is 18.6. The summed E-state index contributed by atoms with van der Waals surface area (Å²) in [7, 11) is -3.11. The Labute approximate surface area is 120 Å².